The van der Waals surface area contributed by atoms with Crippen molar-refractivity contribution in [2.24, 2.45) is 0 Å². The van der Waals surface area contributed by atoms with Gasteiger partial charge in [0.2, 0.25) is 0 Å². The number of nitrogens with zero attached hydrogens (tertiary/aromatic N) is 1. The lowest BCUT2D eigenvalue weighted by Crippen LogP contribution is -2.20. The number of hydrogen-bond acceptors (Lipinski definition) is 5. The van der Waals surface area contributed by atoms with E-state index in [4.69, 9.17) is 4.74 Å². The summed E-state index contributed by atoms with van der Waals surface area (Å²) in [5.41, 5.74) is -0.201. The second kappa shape index (κ2) is 6.26. The first-order valence-electron chi connectivity index (χ1n) is 4.82. The zero-order valence-corrected chi connectivity index (χ0v) is 12.0. The van der Waals surface area contributed by atoms with Crippen molar-refractivity contribution in [2.75, 3.05) is 14.2 Å². The molecule has 106 valence electrons. The van der Waals surface area contributed by atoms with Crippen molar-refractivity contribution in [1.82, 2.24) is 4.98 Å². The number of carbonyl (C=O) groups excluding carboxylic acids is 1. The fraction of sp³-hybridized carbons (Fsp3) is 0.400. The molecule has 0 aliphatic rings. The van der Waals surface area contributed by atoms with E-state index in [1.54, 1.807) is 22.6 Å². The third kappa shape index (κ3) is 4.73. The lowest BCUT2D eigenvalue weighted by atomic mass is 10.2. The second-order valence-corrected chi connectivity index (χ2v) is 4.33. The Morgan fingerprint density at radius 1 is 1.42 bits per heavy atom. The summed E-state index contributed by atoms with van der Waals surface area (Å²) >= 11 is 1.79. The molecule has 5 nitrogen and oxygen atoms in total. The molecule has 19 heavy (non-hydrogen) atoms. The van der Waals surface area contributed by atoms with Gasteiger partial charge in [-0.3, -0.25) is 4.79 Å². The summed E-state index contributed by atoms with van der Waals surface area (Å²) in [5, 5.41) is 0. The molecule has 0 unspecified atom stereocenters. The van der Waals surface area contributed by atoms with E-state index in [2.05, 4.69) is 14.5 Å². The first kappa shape index (κ1) is 15.8. The van der Waals surface area contributed by atoms with E-state index >= 15 is 0 Å². The normalized spacial score (nSPS) is 11.1. The van der Waals surface area contributed by atoms with Crippen LogP contribution in [0.5, 0.6) is 11.5 Å². The molecule has 0 radical (unpaired) electrons. The minimum atomic E-state index is -4.91. The highest BCUT2D eigenvalue weighted by molar-refractivity contribution is 14.1. The van der Waals surface area contributed by atoms with E-state index < -0.39 is 24.5 Å². The maximum absolute atomic E-state index is 12.3. The molecule has 0 saturated carbocycles. The number of ether oxygens (including phenoxy) is 3. The minimum Gasteiger partial charge on any atom is -0.493 e. The number of hydrogen-bond donors (Lipinski definition) is 0. The molecule has 0 spiro atoms. The number of carbonyl (C=O) groups is 1. The van der Waals surface area contributed by atoms with Crippen LogP contribution in [0.3, 0.4) is 0 Å². The molecule has 0 bridgehead atoms. The largest absolute Gasteiger partial charge is 0.573 e. The van der Waals surface area contributed by atoms with Gasteiger partial charge in [0, 0.05) is 6.07 Å². The molecule has 1 aromatic rings. The molecule has 1 aromatic heterocycles. The third-order valence-corrected chi connectivity index (χ3v) is 2.51. The Bertz CT molecular complexity index is 479. The molecule has 0 atom stereocenters. The Hall–Kier alpha value is -1.26. The van der Waals surface area contributed by atoms with E-state index in [1.807, 2.05) is 0 Å². The number of halogens is 4. The smallest absolute Gasteiger partial charge is 0.493 e. The van der Waals surface area contributed by atoms with Gasteiger partial charge in [0.1, 0.15) is 3.70 Å². The highest BCUT2D eigenvalue weighted by Crippen LogP contribution is 2.35. The molecule has 0 N–H and O–H groups in total. The quantitative estimate of drug-likeness (QED) is 0.448. The van der Waals surface area contributed by atoms with Crippen molar-refractivity contribution in [2.45, 2.75) is 12.8 Å². The van der Waals surface area contributed by atoms with Crippen LogP contribution in [0.25, 0.3) is 0 Å². The molecule has 0 aliphatic heterocycles. The number of methoxy groups -OCH3 is 2. The van der Waals surface area contributed by atoms with Crippen LogP contribution in [0, 0.1) is 3.70 Å². The second-order valence-electron chi connectivity index (χ2n) is 3.22. The predicted octanol–water partition coefficient (Wildman–Crippen LogP) is 2.31. The summed E-state index contributed by atoms with van der Waals surface area (Å²) < 4.78 is 50.4. The van der Waals surface area contributed by atoms with Crippen LogP contribution in [-0.2, 0) is 16.0 Å². The molecule has 0 aliphatic carbocycles. The Labute approximate surface area is 120 Å². The van der Waals surface area contributed by atoms with Crippen molar-refractivity contribution in [3.05, 3.63) is 15.5 Å². The van der Waals surface area contributed by atoms with Crippen LogP contribution < -0.4 is 9.47 Å². The third-order valence-electron chi connectivity index (χ3n) is 1.96. The van der Waals surface area contributed by atoms with E-state index in [1.165, 1.54) is 13.2 Å². The van der Waals surface area contributed by atoms with Crippen molar-refractivity contribution < 1.29 is 32.2 Å². The summed E-state index contributed by atoms with van der Waals surface area (Å²) in [6.07, 6.45) is -5.36. The van der Waals surface area contributed by atoms with Gasteiger partial charge in [-0.05, 0) is 22.6 Å². The fourth-order valence-corrected chi connectivity index (χ4v) is 1.81. The van der Waals surface area contributed by atoms with E-state index in [-0.39, 0.29) is 11.4 Å². The monoisotopic (exact) mass is 391 g/mol. The van der Waals surface area contributed by atoms with Gasteiger partial charge in [0.25, 0.3) is 0 Å². The van der Waals surface area contributed by atoms with Crippen molar-refractivity contribution >= 4 is 28.6 Å². The molecule has 9 heteroatoms. The maximum Gasteiger partial charge on any atom is 0.573 e. The molecule has 0 saturated heterocycles. The summed E-state index contributed by atoms with van der Waals surface area (Å²) in [4.78, 5) is 15.0. The van der Waals surface area contributed by atoms with E-state index in [0.717, 1.165) is 7.11 Å². The predicted molar refractivity (Wildman–Crippen MR) is 65.9 cm³/mol. The van der Waals surface area contributed by atoms with Gasteiger partial charge in [-0.1, -0.05) is 0 Å². The molecule has 1 rings (SSSR count). The van der Waals surface area contributed by atoms with Gasteiger partial charge < -0.3 is 14.2 Å². The summed E-state index contributed by atoms with van der Waals surface area (Å²) in [5.74, 6) is -1.53. The van der Waals surface area contributed by atoms with Crippen molar-refractivity contribution in [3.63, 3.8) is 0 Å². The standard InChI is InChI=1S/C10H9F3INO4/c1-17-6-4-7(14)15-5(3-8(16)18-2)9(6)19-10(11,12)13/h4H,3H2,1-2H3. The van der Waals surface area contributed by atoms with Gasteiger partial charge in [-0.2, -0.15) is 0 Å². The zero-order valence-electron chi connectivity index (χ0n) is 9.88. The zero-order chi connectivity index (χ0) is 14.6. The van der Waals surface area contributed by atoms with Gasteiger partial charge in [-0.25, -0.2) is 4.98 Å². The first-order valence-corrected chi connectivity index (χ1v) is 5.90. The molecular formula is C10H9F3INO4. The van der Waals surface area contributed by atoms with Crippen LogP contribution >= 0.6 is 22.6 Å². The summed E-state index contributed by atoms with van der Waals surface area (Å²) in [6.45, 7) is 0. The number of aromatic nitrogens is 1. The Morgan fingerprint density at radius 2 is 2.05 bits per heavy atom. The first-order chi connectivity index (χ1) is 8.76. The van der Waals surface area contributed by atoms with Crippen molar-refractivity contribution in [3.8, 4) is 11.5 Å². The number of alkyl halides is 3. The van der Waals surface area contributed by atoms with Crippen LogP contribution in [0.2, 0.25) is 0 Å². The lowest BCUT2D eigenvalue weighted by molar-refractivity contribution is -0.275. The van der Waals surface area contributed by atoms with Gasteiger partial charge in [-0.15, -0.1) is 13.2 Å². The van der Waals surface area contributed by atoms with E-state index in [0.29, 0.717) is 3.70 Å². The summed E-state index contributed by atoms with van der Waals surface area (Å²) in [6, 6.07) is 1.27. The average Bonchev–Trinajstić information content (AvgIpc) is 2.30. The Balaban J connectivity index is 3.25. The fourth-order valence-electron chi connectivity index (χ4n) is 1.23. The highest BCUT2D eigenvalue weighted by Gasteiger charge is 2.34. The molecule has 1 heterocycles. The van der Waals surface area contributed by atoms with Gasteiger partial charge in [0.15, 0.2) is 11.5 Å². The summed E-state index contributed by atoms with van der Waals surface area (Å²) in [7, 11) is 2.31. The Kier molecular flexibility index (Phi) is 5.20. The van der Waals surface area contributed by atoms with Crippen molar-refractivity contribution in [1.29, 1.82) is 0 Å². The Morgan fingerprint density at radius 3 is 2.53 bits per heavy atom. The van der Waals surface area contributed by atoms with Crippen LogP contribution in [0.15, 0.2) is 6.07 Å². The molecule has 0 aromatic carbocycles. The number of pyridine rings is 1. The molecule has 0 fully saturated rings. The lowest BCUT2D eigenvalue weighted by Gasteiger charge is -2.15. The van der Waals surface area contributed by atoms with Gasteiger partial charge >= 0.3 is 12.3 Å². The highest BCUT2D eigenvalue weighted by atomic mass is 127. The average molecular weight is 391 g/mol. The van der Waals surface area contributed by atoms with Gasteiger partial charge in [0.05, 0.1) is 26.3 Å². The van der Waals surface area contributed by atoms with E-state index in [9.17, 15) is 18.0 Å². The topological polar surface area (TPSA) is 57.7 Å². The minimum absolute atomic E-state index is 0.157. The maximum atomic E-state index is 12.3. The van der Waals surface area contributed by atoms with Crippen LogP contribution in [0.1, 0.15) is 5.69 Å². The number of rotatable bonds is 4. The van der Waals surface area contributed by atoms with Crippen LogP contribution in [0.4, 0.5) is 13.2 Å². The SMILES string of the molecule is COC(=O)Cc1nc(I)cc(OC)c1OC(F)(F)F. The van der Waals surface area contributed by atoms with Crippen LogP contribution in [-0.4, -0.2) is 31.5 Å². The number of esters is 1. The molecular weight excluding hydrogens is 382 g/mol. The molecule has 0 amide bonds.